The molecule has 0 fully saturated rings. The lowest BCUT2D eigenvalue weighted by Crippen LogP contribution is -2.32. The highest BCUT2D eigenvalue weighted by atomic mass is 35.5. The molecule has 0 spiro atoms. The van der Waals surface area contributed by atoms with Crippen LogP contribution in [0.4, 0.5) is 4.39 Å². The van der Waals surface area contributed by atoms with Crippen LogP contribution >= 0.6 is 11.6 Å². The molecule has 0 saturated heterocycles. The third-order valence-electron chi connectivity index (χ3n) is 2.33. The van der Waals surface area contributed by atoms with E-state index < -0.39 is 15.8 Å². The zero-order valence-electron chi connectivity index (χ0n) is 10.3. The van der Waals surface area contributed by atoms with Crippen molar-refractivity contribution in [3.63, 3.8) is 0 Å². The minimum atomic E-state index is -3.66. The smallest absolute Gasteiger partial charge is 0.207 e. The quantitative estimate of drug-likeness (QED) is 0.782. The lowest BCUT2D eigenvalue weighted by atomic mass is 10.3. The fourth-order valence-electron chi connectivity index (χ4n) is 1.45. The number of halogens is 2. The molecule has 6 heteroatoms. The van der Waals surface area contributed by atoms with E-state index in [0.717, 1.165) is 17.7 Å². The Hall–Kier alpha value is -0.910. The van der Waals surface area contributed by atoms with E-state index in [4.69, 9.17) is 11.6 Å². The molecule has 0 amide bonds. The third kappa shape index (κ3) is 3.31. The molecule has 0 unspecified atom stereocenters. The van der Waals surface area contributed by atoms with Crippen LogP contribution in [0.15, 0.2) is 35.2 Å². The van der Waals surface area contributed by atoms with Crippen LogP contribution in [0.25, 0.3) is 0 Å². The van der Waals surface area contributed by atoms with Crippen LogP contribution in [0.3, 0.4) is 0 Å². The van der Waals surface area contributed by atoms with Gasteiger partial charge in [0.05, 0.1) is 9.92 Å². The van der Waals surface area contributed by atoms with Crippen molar-refractivity contribution in [2.24, 2.45) is 0 Å². The summed E-state index contributed by atoms with van der Waals surface area (Å²) < 4.78 is 38.8. The van der Waals surface area contributed by atoms with Crippen molar-refractivity contribution < 1.29 is 12.8 Å². The molecule has 1 aromatic carbocycles. The molecular weight excluding hydrogens is 277 g/mol. The van der Waals surface area contributed by atoms with E-state index in [2.05, 4.69) is 6.58 Å². The Morgan fingerprint density at radius 2 is 2.11 bits per heavy atom. The molecule has 0 heterocycles. The fraction of sp³-hybridized carbons (Fsp3) is 0.333. The van der Waals surface area contributed by atoms with Gasteiger partial charge in [-0.1, -0.05) is 30.7 Å². The molecule has 0 aromatic heterocycles. The van der Waals surface area contributed by atoms with E-state index in [-0.39, 0.29) is 16.5 Å². The Morgan fingerprint density at radius 3 is 2.56 bits per heavy atom. The minimum absolute atomic E-state index is 0.0167. The first-order chi connectivity index (χ1) is 8.28. The Morgan fingerprint density at radius 1 is 1.50 bits per heavy atom. The van der Waals surface area contributed by atoms with Crippen LogP contribution in [-0.2, 0) is 10.0 Å². The lowest BCUT2D eigenvalue weighted by Gasteiger charge is -2.20. The monoisotopic (exact) mass is 291 g/mol. The first kappa shape index (κ1) is 15.1. The van der Waals surface area contributed by atoms with Crippen molar-refractivity contribution in [2.45, 2.75) is 18.7 Å². The van der Waals surface area contributed by atoms with Crippen molar-refractivity contribution in [3.05, 3.63) is 41.2 Å². The number of sulfonamides is 1. The molecule has 0 atom stereocenters. The van der Waals surface area contributed by atoms with Crippen LogP contribution in [0.5, 0.6) is 0 Å². The summed E-state index contributed by atoms with van der Waals surface area (Å²) in [7, 11) is -3.66. The Balaban J connectivity index is 3.18. The maximum absolute atomic E-state index is 13.0. The number of hydrogen-bond donors (Lipinski definition) is 0. The van der Waals surface area contributed by atoms with Crippen LogP contribution < -0.4 is 0 Å². The zero-order valence-corrected chi connectivity index (χ0v) is 11.9. The van der Waals surface area contributed by atoms with Gasteiger partial charge in [-0.25, -0.2) is 12.8 Å². The summed E-state index contributed by atoms with van der Waals surface area (Å²) in [4.78, 5) is -0.0167. The lowest BCUT2D eigenvalue weighted by molar-refractivity contribution is 0.452. The minimum Gasteiger partial charge on any atom is -0.207 e. The van der Waals surface area contributed by atoms with Crippen molar-refractivity contribution in [2.75, 3.05) is 13.1 Å². The standard InChI is InChI=1S/C12H15ClFNO2S/c1-4-15(8-9(2)3)18(16,17)10-5-6-12(14)11(13)7-10/h5-7H,2,4,8H2,1,3H3. The van der Waals surface area contributed by atoms with Crippen molar-refractivity contribution >= 4 is 21.6 Å². The average molecular weight is 292 g/mol. The van der Waals surface area contributed by atoms with E-state index in [1.807, 2.05) is 0 Å². The van der Waals surface area contributed by atoms with Gasteiger partial charge in [-0.3, -0.25) is 0 Å². The van der Waals surface area contributed by atoms with Gasteiger partial charge in [-0.05, 0) is 25.1 Å². The van der Waals surface area contributed by atoms with Gasteiger partial charge in [0.25, 0.3) is 0 Å². The predicted molar refractivity (Wildman–Crippen MR) is 70.7 cm³/mol. The van der Waals surface area contributed by atoms with Crippen LogP contribution in [0.2, 0.25) is 5.02 Å². The van der Waals surface area contributed by atoms with Gasteiger partial charge in [0.2, 0.25) is 10.0 Å². The molecule has 18 heavy (non-hydrogen) atoms. The Bertz CT molecular complexity index is 557. The van der Waals surface area contributed by atoms with Crippen molar-refractivity contribution in [3.8, 4) is 0 Å². The first-order valence-corrected chi connectivity index (χ1v) is 7.20. The van der Waals surface area contributed by atoms with Crippen LogP contribution in [0.1, 0.15) is 13.8 Å². The summed E-state index contributed by atoms with van der Waals surface area (Å²) in [6.45, 7) is 7.70. The van der Waals surface area contributed by atoms with Crippen LogP contribution in [-0.4, -0.2) is 25.8 Å². The number of benzene rings is 1. The van der Waals surface area contributed by atoms with Gasteiger partial charge in [0.15, 0.2) is 0 Å². The SMILES string of the molecule is C=C(C)CN(CC)S(=O)(=O)c1ccc(F)c(Cl)c1. The molecule has 1 aromatic rings. The summed E-state index contributed by atoms with van der Waals surface area (Å²) >= 11 is 5.60. The highest BCUT2D eigenvalue weighted by Crippen LogP contribution is 2.22. The second-order valence-corrected chi connectivity index (χ2v) is 6.31. The number of nitrogens with zero attached hydrogens (tertiary/aromatic N) is 1. The maximum Gasteiger partial charge on any atom is 0.243 e. The van der Waals surface area contributed by atoms with Gasteiger partial charge in [0.1, 0.15) is 5.82 Å². The van der Waals surface area contributed by atoms with Gasteiger partial charge < -0.3 is 0 Å². The molecule has 0 aliphatic heterocycles. The molecule has 100 valence electrons. The molecule has 1 rings (SSSR count). The molecule has 3 nitrogen and oxygen atoms in total. The largest absolute Gasteiger partial charge is 0.243 e. The second kappa shape index (κ2) is 5.82. The van der Waals surface area contributed by atoms with Crippen molar-refractivity contribution in [1.29, 1.82) is 0 Å². The topological polar surface area (TPSA) is 37.4 Å². The van der Waals surface area contributed by atoms with Crippen LogP contribution in [0, 0.1) is 5.82 Å². The van der Waals surface area contributed by atoms with E-state index in [9.17, 15) is 12.8 Å². The highest BCUT2D eigenvalue weighted by molar-refractivity contribution is 7.89. The molecule has 0 saturated carbocycles. The Labute approximate surface area is 112 Å². The van der Waals surface area contributed by atoms with Crippen molar-refractivity contribution in [1.82, 2.24) is 4.31 Å². The fourth-order valence-corrected chi connectivity index (χ4v) is 3.23. The summed E-state index contributed by atoms with van der Waals surface area (Å²) in [5, 5.41) is -0.206. The second-order valence-electron chi connectivity index (χ2n) is 3.96. The van der Waals surface area contributed by atoms with Gasteiger partial charge in [-0.2, -0.15) is 4.31 Å². The predicted octanol–water partition coefficient (Wildman–Crippen LogP) is 3.07. The molecule has 0 N–H and O–H groups in total. The maximum atomic E-state index is 13.0. The summed E-state index contributed by atoms with van der Waals surface area (Å²) in [6.07, 6.45) is 0. The Kier molecular flexibility index (Phi) is 4.90. The van der Waals surface area contributed by atoms with E-state index >= 15 is 0 Å². The van der Waals surface area contributed by atoms with E-state index in [1.54, 1.807) is 13.8 Å². The number of rotatable bonds is 5. The summed E-state index contributed by atoms with van der Waals surface area (Å²) in [6, 6.07) is 3.37. The number of hydrogen-bond acceptors (Lipinski definition) is 2. The average Bonchev–Trinajstić information content (AvgIpc) is 2.28. The zero-order chi connectivity index (χ0) is 13.9. The molecule has 0 aliphatic carbocycles. The highest BCUT2D eigenvalue weighted by Gasteiger charge is 2.23. The number of likely N-dealkylation sites (N-methyl/N-ethyl adjacent to an activating group) is 1. The molecule has 0 aliphatic rings. The molecular formula is C12H15ClFNO2S. The summed E-state index contributed by atoms with van der Waals surface area (Å²) in [5.74, 6) is -0.640. The van der Waals surface area contributed by atoms with E-state index in [1.165, 1.54) is 10.4 Å². The molecule has 0 radical (unpaired) electrons. The third-order valence-corrected chi connectivity index (χ3v) is 4.53. The van der Waals surface area contributed by atoms with Gasteiger partial charge in [-0.15, -0.1) is 0 Å². The van der Waals surface area contributed by atoms with Gasteiger partial charge >= 0.3 is 0 Å². The summed E-state index contributed by atoms with van der Waals surface area (Å²) in [5.41, 5.74) is 0.730. The van der Waals surface area contributed by atoms with E-state index in [0.29, 0.717) is 6.54 Å². The van der Waals surface area contributed by atoms with Gasteiger partial charge in [0, 0.05) is 13.1 Å². The normalized spacial score (nSPS) is 11.8. The first-order valence-electron chi connectivity index (χ1n) is 5.38. The molecule has 0 bridgehead atoms.